The number of rotatable bonds is 3. The van der Waals surface area contributed by atoms with Gasteiger partial charge in [-0.3, -0.25) is 5.84 Å². The van der Waals surface area contributed by atoms with Gasteiger partial charge in [-0.1, -0.05) is 6.07 Å². The predicted octanol–water partition coefficient (Wildman–Crippen LogP) is 2.89. The van der Waals surface area contributed by atoms with Crippen molar-refractivity contribution in [2.45, 2.75) is 13.0 Å². The van der Waals surface area contributed by atoms with Crippen molar-refractivity contribution >= 4 is 11.3 Å². The van der Waals surface area contributed by atoms with E-state index in [1.54, 1.807) is 11.3 Å². The topological polar surface area (TPSA) is 38.0 Å². The van der Waals surface area contributed by atoms with Crippen LogP contribution in [0.2, 0.25) is 0 Å². The zero-order chi connectivity index (χ0) is 12.4. The standard InChI is InChI=1S/C12H12F2N2S/c1-7-9(4-5-17-7)12(16-15)10-3-2-8(13)6-11(10)14/h2-6,12,16H,15H2,1H3. The lowest BCUT2D eigenvalue weighted by Crippen LogP contribution is -2.29. The first kappa shape index (κ1) is 12.2. The third-order valence-electron chi connectivity index (χ3n) is 2.65. The average Bonchev–Trinajstić information content (AvgIpc) is 2.69. The highest BCUT2D eigenvalue weighted by atomic mass is 32.1. The van der Waals surface area contributed by atoms with Crippen LogP contribution >= 0.6 is 11.3 Å². The Kier molecular flexibility index (Phi) is 3.51. The minimum Gasteiger partial charge on any atom is -0.271 e. The first-order valence-corrected chi connectivity index (χ1v) is 5.96. The van der Waals surface area contributed by atoms with Crippen LogP contribution in [-0.4, -0.2) is 0 Å². The smallest absolute Gasteiger partial charge is 0.131 e. The van der Waals surface area contributed by atoms with Crippen LogP contribution in [0.5, 0.6) is 0 Å². The Morgan fingerprint density at radius 1 is 1.24 bits per heavy atom. The number of hydrazine groups is 1. The summed E-state index contributed by atoms with van der Waals surface area (Å²) in [5.41, 5.74) is 3.81. The second-order valence-electron chi connectivity index (χ2n) is 3.70. The van der Waals surface area contributed by atoms with Crippen LogP contribution in [0.3, 0.4) is 0 Å². The molecule has 0 aliphatic carbocycles. The molecule has 3 N–H and O–H groups in total. The summed E-state index contributed by atoms with van der Waals surface area (Å²) in [5, 5.41) is 1.91. The van der Waals surface area contributed by atoms with Crippen molar-refractivity contribution in [2.24, 2.45) is 5.84 Å². The maximum Gasteiger partial charge on any atom is 0.131 e. The fraction of sp³-hybridized carbons (Fsp3) is 0.167. The summed E-state index contributed by atoms with van der Waals surface area (Å²) in [6, 6.07) is 4.92. The molecule has 2 nitrogen and oxygen atoms in total. The van der Waals surface area contributed by atoms with E-state index in [1.807, 2.05) is 18.4 Å². The lowest BCUT2D eigenvalue weighted by molar-refractivity contribution is 0.541. The molecular weight excluding hydrogens is 242 g/mol. The molecule has 2 aromatic rings. The molecule has 1 atom stereocenters. The van der Waals surface area contributed by atoms with Crippen molar-refractivity contribution in [1.29, 1.82) is 0 Å². The van der Waals surface area contributed by atoms with Gasteiger partial charge >= 0.3 is 0 Å². The van der Waals surface area contributed by atoms with Gasteiger partial charge in [-0.25, -0.2) is 14.2 Å². The van der Waals surface area contributed by atoms with Gasteiger partial charge in [-0.15, -0.1) is 11.3 Å². The normalized spacial score (nSPS) is 12.7. The van der Waals surface area contributed by atoms with Gasteiger partial charge in [0.05, 0.1) is 6.04 Å². The summed E-state index contributed by atoms with van der Waals surface area (Å²) < 4.78 is 26.5. The average molecular weight is 254 g/mol. The van der Waals surface area contributed by atoms with Crippen molar-refractivity contribution in [1.82, 2.24) is 5.43 Å². The van der Waals surface area contributed by atoms with E-state index >= 15 is 0 Å². The second-order valence-corrected chi connectivity index (χ2v) is 4.82. The van der Waals surface area contributed by atoms with E-state index in [4.69, 9.17) is 5.84 Å². The van der Waals surface area contributed by atoms with Gasteiger partial charge in [0.15, 0.2) is 0 Å². The predicted molar refractivity (Wildman–Crippen MR) is 64.6 cm³/mol. The number of aryl methyl sites for hydroxylation is 1. The van der Waals surface area contributed by atoms with E-state index in [-0.39, 0.29) is 0 Å². The fourth-order valence-corrected chi connectivity index (χ4v) is 2.52. The highest BCUT2D eigenvalue weighted by Gasteiger charge is 2.19. The SMILES string of the molecule is Cc1sccc1C(NN)c1ccc(F)cc1F. The Bertz CT molecular complexity index is 525. The molecule has 1 unspecified atom stereocenters. The first-order valence-electron chi connectivity index (χ1n) is 5.08. The van der Waals surface area contributed by atoms with Crippen LogP contribution in [0, 0.1) is 18.6 Å². The fourth-order valence-electron chi connectivity index (χ4n) is 1.78. The Morgan fingerprint density at radius 3 is 2.53 bits per heavy atom. The molecule has 0 bridgehead atoms. The van der Waals surface area contributed by atoms with Gasteiger partial charge in [-0.05, 0) is 30.0 Å². The molecule has 90 valence electrons. The first-order chi connectivity index (χ1) is 8.13. The highest BCUT2D eigenvalue weighted by Crippen LogP contribution is 2.29. The summed E-state index contributed by atoms with van der Waals surface area (Å²) in [7, 11) is 0. The van der Waals surface area contributed by atoms with E-state index in [0.29, 0.717) is 5.56 Å². The molecule has 1 aromatic carbocycles. The van der Waals surface area contributed by atoms with Gasteiger partial charge < -0.3 is 0 Å². The molecular formula is C12H12F2N2S. The van der Waals surface area contributed by atoms with Crippen LogP contribution in [0.25, 0.3) is 0 Å². The number of thiophene rings is 1. The van der Waals surface area contributed by atoms with Gasteiger partial charge in [0.25, 0.3) is 0 Å². The molecule has 0 fully saturated rings. The maximum atomic E-state index is 13.7. The summed E-state index contributed by atoms with van der Waals surface area (Å²) in [6.07, 6.45) is 0. The van der Waals surface area contributed by atoms with Gasteiger partial charge in [-0.2, -0.15) is 0 Å². The second kappa shape index (κ2) is 4.91. The minimum atomic E-state index is -0.599. The molecule has 0 aliphatic heterocycles. The van der Waals surface area contributed by atoms with Crippen LogP contribution in [0.1, 0.15) is 22.0 Å². The number of nitrogens with one attached hydrogen (secondary N) is 1. The quantitative estimate of drug-likeness (QED) is 0.653. The van der Waals surface area contributed by atoms with Crippen LogP contribution in [0.15, 0.2) is 29.6 Å². The molecule has 0 spiro atoms. The van der Waals surface area contributed by atoms with Gasteiger partial charge in [0, 0.05) is 16.5 Å². The zero-order valence-electron chi connectivity index (χ0n) is 9.21. The molecule has 1 aromatic heterocycles. The molecule has 0 saturated heterocycles. The maximum absolute atomic E-state index is 13.7. The summed E-state index contributed by atoms with van der Waals surface area (Å²) in [4.78, 5) is 1.05. The molecule has 1 heterocycles. The highest BCUT2D eigenvalue weighted by molar-refractivity contribution is 7.10. The Labute approximate surface area is 102 Å². The third kappa shape index (κ3) is 2.36. The number of halogens is 2. The lowest BCUT2D eigenvalue weighted by Gasteiger charge is -2.17. The summed E-state index contributed by atoms with van der Waals surface area (Å²) >= 11 is 1.56. The van der Waals surface area contributed by atoms with E-state index in [9.17, 15) is 8.78 Å². The molecule has 2 rings (SSSR count). The molecule has 0 saturated carbocycles. The van der Waals surface area contributed by atoms with Crippen molar-refractivity contribution in [3.05, 3.63) is 57.3 Å². The van der Waals surface area contributed by atoms with Crippen molar-refractivity contribution in [3.63, 3.8) is 0 Å². The summed E-state index contributed by atoms with van der Waals surface area (Å²) in [6.45, 7) is 1.94. The molecule has 0 radical (unpaired) electrons. The van der Waals surface area contributed by atoms with E-state index in [0.717, 1.165) is 16.5 Å². The number of hydrogen-bond donors (Lipinski definition) is 2. The van der Waals surface area contributed by atoms with Gasteiger partial charge in [0.2, 0.25) is 0 Å². The summed E-state index contributed by atoms with van der Waals surface area (Å²) in [5.74, 6) is 4.27. The van der Waals surface area contributed by atoms with E-state index in [1.165, 1.54) is 12.1 Å². The van der Waals surface area contributed by atoms with Crippen LogP contribution in [0.4, 0.5) is 8.78 Å². The van der Waals surface area contributed by atoms with Crippen molar-refractivity contribution in [2.75, 3.05) is 0 Å². The van der Waals surface area contributed by atoms with Crippen LogP contribution < -0.4 is 11.3 Å². The van der Waals surface area contributed by atoms with Crippen molar-refractivity contribution in [3.8, 4) is 0 Å². The lowest BCUT2D eigenvalue weighted by atomic mass is 9.99. The van der Waals surface area contributed by atoms with Crippen LogP contribution in [-0.2, 0) is 0 Å². The number of benzene rings is 1. The van der Waals surface area contributed by atoms with Crippen molar-refractivity contribution < 1.29 is 8.78 Å². The minimum absolute atomic E-state index is 0.343. The zero-order valence-corrected chi connectivity index (χ0v) is 10.0. The Balaban J connectivity index is 2.46. The molecule has 0 aliphatic rings. The molecule has 5 heteroatoms. The third-order valence-corrected chi connectivity index (χ3v) is 3.51. The molecule has 17 heavy (non-hydrogen) atoms. The number of hydrogen-bond acceptors (Lipinski definition) is 3. The van der Waals surface area contributed by atoms with E-state index < -0.39 is 17.7 Å². The Hall–Kier alpha value is -1.30. The van der Waals surface area contributed by atoms with E-state index in [2.05, 4.69) is 5.43 Å². The molecule has 0 amide bonds. The number of nitrogens with two attached hydrogens (primary N) is 1. The van der Waals surface area contributed by atoms with Gasteiger partial charge in [0.1, 0.15) is 11.6 Å². The monoisotopic (exact) mass is 254 g/mol. The Morgan fingerprint density at radius 2 is 2.00 bits per heavy atom. The largest absolute Gasteiger partial charge is 0.271 e.